The van der Waals surface area contributed by atoms with Crippen LogP contribution in [0.4, 0.5) is 0 Å². The molecule has 0 N–H and O–H groups in total. The summed E-state index contributed by atoms with van der Waals surface area (Å²) >= 11 is 0. The van der Waals surface area contributed by atoms with Gasteiger partial charge in [0, 0.05) is 0 Å². The van der Waals surface area contributed by atoms with Gasteiger partial charge in [-0.1, -0.05) is 63.3 Å². The minimum atomic E-state index is -1.73. The lowest BCUT2D eigenvalue weighted by Gasteiger charge is -2.35. The van der Waals surface area contributed by atoms with E-state index in [1.54, 1.807) is 18.2 Å². The van der Waals surface area contributed by atoms with Crippen LogP contribution in [-0.4, -0.2) is 20.7 Å². The number of carbonyl (C=O) groups excluding carboxylic acids is 1. The molecular formula is C18H26O2Si. The van der Waals surface area contributed by atoms with Crippen LogP contribution in [0.2, 0.25) is 18.1 Å². The monoisotopic (exact) mass is 302 g/mol. The Labute approximate surface area is 129 Å². The van der Waals surface area contributed by atoms with Crippen molar-refractivity contribution in [2.45, 2.75) is 38.9 Å². The molecule has 0 unspecified atom stereocenters. The van der Waals surface area contributed by atoms with Crippen LogP contribution in [0.1, 0.15) is 26.3 Å². The largest absolute Gasteiger partial charge is 0.413 e. The van der Waals surface area contributed by atoms with Gasteiger partial charge in [0.05, 0.1) is 6.61 Å². The Bertz CT molecular complexity index is 508. The Morgan fingerprint density at radius 1 is 1.14 bits per heavy atom. The van der Waals surface area contributed by atoms with E-state index in [1.807, 2.05) is 36.4 Å². The fourth-order valence-electron chi connectivity index (χ4n) is 1.44. The van der Waals surface area contributed by atoms with Gasteiger partial charge in [-0.15, -0.1) is 0 Å². The average Bonchev–Trinajstić information content (AvgIpc) is 2.41. The second-order valence-corrected chi connectivity index (χ2v) is 11.4. The molecule has 1 aromatic carbocycles. The predicted molar refractivity (Wildman–Crippen MR) is 92.8 cm³/mol. The Balaban J connectivity index is 2.44. The number of rotatable bonds is 6. The first-order valence-corrected chi connectivity index (χ1v) is 10.2. The molecule has 0 aliphatic carbocycles. The molecule has 114 valence electrons. The van der Waals surface area contributed by atoms with Crippen LogP contribution in [0.5, 0.6) is 0 Å². The first-order valence-electron chi connectivity index (χ1n) is 7.30. The second kappa shape index (κ2) is 7.53. The molecule has 0 aromatic heterocycles. The van der Waals surface area contributed by atoms with E-state index in [-0.39, 0.29) is 10.8 Å². The van der Waals surface area contributed by atoms with Crippen molar-refractivity contribution in [1.82, 2.24) is 0 Å². The molecule has 0 amide bonds. The molecule has 21 heavy (non-hydrogen) atoms. The molecule has 0 spiro atoms. The highest BCUT2D eigenvalue weighted by Gasteiger charge is 2.36. The third-order valence-electron chi connectivity index (χ3n) is 3.87. The van der Waals surface area contributed by atoms with Gasteiger partial charge in [0.15, 0.2) is 14.1 Å². The van der Waals surface area contributed by atoms with Gasteiger partial charge >= 0.3 is 0 Å². The minimum Gasteiger partial charge on any atom is -0.413 e. The van der Waals surface area contributed by atoms with E-state index in [1.165, 1.54) is 0 Å². The maximum Gasteiger partial charge on any atom is 0.192 e. The highest BCUT2D eigenvalue weighted by molar-refractivity contribution is 6.74. The zero-order chi connectivity index (χ0) is 15.9. The summed E-state index contributed by atoms with van der Waals surface area (Å²) in [7, 11) is -1.73. The molecule has 3 heteroatoms. The summed E-state index contributed by atoms with van der Waals surface area (Å²) in [6, 6.07) is 9.79. The number of hydrogen-bond donors (Lipinski definition) is 0. The van der Waals surface area contributed by atoms with Crippen LogP contribution >= 0.6 is 0 Å². The maximum atomic E-state index is 11.7. The van der Waals surface area contributed by atoms with Crippen molar-refractivity contribution in [3.8, 4) is 0 Å². The molecule has 0 aliphatic heterocycles. The number of benzene rings is 1. The first kappa shape index (κ1) is 17.6. The molecule has 0 aliphatic rings. The predicted octanol–water partition coefficient (Wildman–Crippen LogP) is 4.85. The van der Waals surface area contributed by atoms with Crippen LogP contribution in [0.3, 0.4) is 0 Å². The average molecular weight is 302 g/mol. The Morgan fingerprint density at radius 3 is 2.33 bits per heavy atom. The number of allylic oxidation sites excluding steroid dienone is 2. The number of carbonyl (C=O) groups is 1. The van der Waals surface area contributed by atoms with E-state index in [0.29, 0.717) is 6.61 Å². The van der Waals surface area contributed by atoms with E-state index in [0.717, 1.165) is 5.56 Å². The molecule has 0 heterocycles. The van der Waals surface area contributed by atoms with Gasteiger partial charge in [0.2, 0.25) is 0 Å². The molecule has 2 nitrogen and oxygen atoms in total. The Morgan fingerprint density at radius 2 is 1.76 bits per heavy atom. The molecule has 0 fully saturated rings. The summed E-state index contributed by atoms with van der Waals surface area (Å²) in [6.45, 7) is 11.5. The van der Waals surface area contributed by atoms with Crippen molar-refractivity contribution >= 4 is 20.2 Å². The molecule has 0 radical (unpaired) electrons. The molecule has 0 bridgehead atoms. The lowest BCUT2D eigenvalue weighted by Crippen LogP contribution is -2.40. The van der Waals surface area contributed by atoms with Crippen molar-refractivity contribution in [2.75, 3.05) is 6.61 Å². The minimum absolute atomic E-state index is 0.0160. The van der Waals surface area contributed by atoms with Gasteiger partial charge in [0.25, 0.3) is 0 Å². The van der Waals surface area contributed by atoms with Crippen LogP contribution in [0.15, 0.2) is 48.6 Å². The Hall–Kier alpha value is -1.45. The van der Waals surface area contributed by atoms with Gasteiger partial charge < -0.3 is 4.43 Å². The van der Waals surface area contributed by atoms with E-state index in [4.69, 9.17) is 4.43 Å². The van der Waals surface area contributed by atoms with E-state index < -0.39 is 8.32 Å². The second-order valence-electron chi connectivity index (χ2n) is 6.62. The zero-order valence-electron chi connectivity index (χ0n) is 13.7. The highest BCUT2D eigenvalue weighted by Crippen LogP contribution is 2.36. The van der Waals surface area contributed by atoms with Crippen LogP contribution in [0.25, 0.3) is 6.08 Å². The summed E-state index contributed by atoms with van der Waals surface area (Å²) in [5.41, 5.74) is 1.02. The SMILES string of the molecule is CC(C)(C)[Si](C)(C)OC/C=C/C(=O)/C=C/c1ccccc1. The maximum absolute atomic E-state index is 11.7. The van der Waals surface area contributed by atoms with E-state index in [9.17, 15) is 4.79 Å². The Kier molecular flexibility index (Phi) is 6.31. The van der Waals surface area contributed by atoms with Crippen molar-refractivity contribution in [1.29, 1.82) is 0 Å². The fourth-order valence-corrected chi connectivity index (χ4v) is 2.38. The third kappa shape index (κ3) is 6.23. The van der Waals surface area contributed by atoms with Crippen LogP contribution < -0.4 is 0 Å². The number of hydrogen-bond acceptors (Lipinski definition) is 2. The summed E-state index contributed by atoms with van der Waals surface area (Å²) in [5.74, 6) is -0.0160. The lowest BCUT2D eigenvalue weighted by atomic mass is 10.2. The summed E-state index contributed by atoms with van der Waals surface area (Å²) in [6.07, 6.45) is 6.78. The summed E-state index contributed by atoms with van der Waals surface area (Å²) in [4.78, 5) is 11.7. The van der Waals surface area contributed by atoms with Gasteiger partial charge in [-0.25, -0.2) is 0 Å². The topological polar surface area (TPSA) is 26.3 Å². The quantitative estimate of drug-likeness (QED) is 0.555. The smallest absolute Gasteiger partial charge is 0.192 e. The lowest BCUT2D eigenvalue weighted by molar-refractivity contribution is -0.110. The van der Waals surface area contributed by atoms with Crippen molar-refractivity contribution in [3.05, 3.63) is 54.1 Å². The molecule has 0 atom stereocenters. The zero-order valence-corrected chi connectivity index (χ0v) is 14.7. The first-order chi connectivity index (χ1) is 9.72. The summed E-state index contributed by atoms with van der Waals surface area (Å²) in [5, 5.41) is 0.193. The molecular weight excluding hydrogens is 276 g/mol. The molecule has 1 rings (SSSR count). The third-order valence-corrected chi connectivity index (χ3v) is 8.37. The van der Waals surface area contributed by atoms with Gasteiger partial charge in [-0.05, 0) is 35.8 Å². The molecule has 0 saturated carbocycles. The van der Waals surface area contributed by atoms with E-state index in [2.05, 4.69) is 33.9 Å². The fraction of sp³-hybridized carbons (Fsp3) is 0.389. The van der Waals surface area contributed by atoms with Crippen LogP contribution in [0, 0.1) is 0 Å². The molecule has 1 aromatic rings. The van der Waals surface area contributed by atoms with E-state index >= 15 is 0 Å². The van der Waals surface area contributed by atoms with Crippen molar-refractivity contribution in [3.63, 3.8) is 0 Å². The van der Waals surface area contributed by atoms with Gasteiger partial charge in [-0.3, -0.25) is 4.79 Å². The van der Waals surface area contributed by atoms with Crippen LogP contribution in [-0.2, 0) is 9.22 Å². The molecule has 0 saturated heterocycles. The van der Waals surface area contributed by atoms with Crippen molar-refractivity contribution in [2.24, 2.45) is 0 Å². The van der Waals surface area contributed by atoms with Gasteiger partial charge in [-0.2, -0.15) is 0 Å². The summed E-state index contributed by atoms with van der Waals surface area (Å²) < 4.78 is 5.98. The van der Waals surface area contributed by atoms with Gasteiger partial charge in [0.1, 0.15) is 0 Å². The van der Waals surface area contributed by atoms with Crippen molar-refractivity contribution < 1.29 is 9.22 Å². The number of ketones is 1. The highest BCUT2D eigenvalue weighted by atomic mass is 28.4. The normalized spacial score (nSPS) is 13.2. The standard InChI is InChI=1S/C18H26O2Si/c1-18(2,3)21(4,5)20-15-9-12-17(19)14-13-16-10-7-6-8-11-16/h6-14H,15H2,1-5H3/b12-9+,14-13+.